The summed E-state index contributed by atoms with van der Waals surface area (Å²) in [7, 11) is 0. The zero-order valence-electron chi connectivity index (χ0n) is 10.6. The van der Waals surface area contributed by atoms with Crippen LogP contribution in [0.25, 0.3) is 0 Å². The van der Waals surface area contributed by atoms with Gasteiger partial charge in [0, 0.05) is 6.04 Å². The van der Waals surface area contributed by atoms with Crippen molar-refractivity contribution in [2.45, 2.75) is 38.6 Å². The van der Waals surface area contributed by atoms with Crippen molar-refractivity contribution in [2.75, 3.05) is 5.32 Å². The molecule has 18 heavy (non-hydrogen) atoms. The highest BCUT2D eigenvalue weighted by Crippen LogP contribution is 2.29. The second-order valence-corrected chi connectivity index (χ2v) is 5.02. The second-order valence-electron chi connectivity index (χ2n) is 5.02. The molecular weight excluding hydrogens is 228 g/mol. The molecule has 0 radical (unpaired) electrons. The third-order valence-electron chi connectivity index (χ3n) is 3.65. The average Bonchev–Trinajstić information content (AvgIpc) is 2.35. The first-order valence-corrected chi connectivity index (χ1v) is 6.44. The summed E-state index contributed by atoms with van der Waals surface area (Å²) in [6.45, 7) is 1.80. The van der Waals surface area contributed by atoms with Crippen LogP contribution in [0.4, 0.5) is 5.69 Å². The fraction of sp³-hybridized carbons (Fsp3) is 0.500. The molecule has 0 heterocycles. The number of nitrogens with two attached hydrogens (primary N) is 1. The minimum Gasteiger partial charge on any atom is -0.505 e. The van der Waals surface area contributed by atoms with Crippen molar-refractivity contribution in [3.63, 3.8) is 0 Å². The van der Waals surface area contributed by atoms with Gasteiger partial charge in [0.25, 0.3) is 0 Å². The van der Waals surface area contributed by atoms with Crippen molar-refractivity contribution in [3.05, 3.63) is 23.8 Å². The van der Waals surface area contributed by atoms with E-state index in [4.69, 9.17) is 5.73 Å². The minimum atomic E-state index is -0.140. The summed E-state index contributed by atoms with van der Waals surface area (Å²) >= 11 is 0. The normalized spacial score (nSPS) is 23.7. The third kappa shape index (κ3) is 2.64. The number of nitrogens with one attached hydrogen (secondary N) is 1. The highest BCUT2D eigenvalue weighted by molar-refractivity contribution is 5.94. The van der Waals surface area contributed by atoms with Gasteiger partial charge in [-0.3, -0.25) is 4.79 Å². The van der Waals surface area contributed by atoms with E-state index in [0.717, 1.165) is 31.2 Å². The molecule has 1 aromatic carbocycles. The van der Waals surface area contributed by atoms with Gasteiger partial charge < -0.3 is 16.2 Å². The van der Waals surface area contributed by atoms with Crippen LogP contribution in [0.1, 0.15) is 31.2 Å². The number of anilines is 1. The molecule has 4 heteroatoms. The molecule has 4 nitrogen and oxygen atoms in total. The maximum Gasteiger partial charge on any atom is 0.229 e. The van der Waals surface area contributed by atoms with E-state index in [1.807, 2.05) is 6.07 Å². The summed E-state index contributed by atoms with van der Waals surface area (Å²) in [5.74, 6) is -0.0861. The van der Waals surface area contributed by atoms with Gasteiger partial charge in [0.15, 0.2) is 0 Å². The highest BCUT2D eigenvalue weighted by atomic mass is 16.3. The zero-order valence-corrected chi connectivity index (χ0v) is 10.6. The molecule has 0 saturated heterocycles. The molecule has 0 aromatic heterocycles. The van der Waals surface area contributed by atoms with Crippen LogP contribution in [0.5, 0.6) is 5.75 Å². The molecule has 2 unspecified atom stereocenters. The lowest BCUT2D eigenvalue weighted by Gasteiger charge is -2.27. The first kappa shape index (κ1) is 12.9. The van der Waals surface area contributed by atoms with Gasteiger partial charge in [0.05, 0.1) is 11.6 Å². The number of aromatic hydroxyl groups is 1. The third-order valence-corrected chi connectivity index (χ3v) is 3.65. The Labute approximate surface area is 107 Å². The Morgan fingerprint density at radius 2 is 2.11 bits per heavy atom. The first-order valence-electron chi connectivity index (χ1n) is 6.44. The molecule has 0 aliphatic heterocycles. The van der Waals surface area contributed by atoms with Gasteiger partial charge in [-0.2, -0.15) is 0 Å². The number of hydrogen-bond acceptors (Lipinski definition) is 3. The number of amides is 1. The average molecular weight is 248 g/mol. The van der Waals surface area contributed by atoms with Gasteiger partial charge in [-0.1, -0.05) is 25.0 Å². The van der Waals surface area contributed by atoms with E-state index in [1.165, 1.54) is 0 Å². The molecule has 0 bridgehead atoms. The Kier molecular flexibility index (Phi) is 3.87. The van der Waals surface area contributed by atoms with E-state index in [0.29, 0.717) is 5.69 Å². The maximum absolute atomic E-state index is 12.1. The predicted octanol–water partition coefficient (Wildman–Crippen LogP) is 2.16. The summed E-state index contributed by atoms with van der Waals surface area (Å²) in [5, 5.41) is 12.6. The van der Waals surface area contributed by atoms with Crippen molar-refractivity contribution in [3.8, 4) is 5.75 Å². The smallest absolute Gasteiger partial charge is 0.229 e. The Balaban J connectivity index is 2.09. The predicted molar refractivity (Wildman–Crippen MR) is 71.4 cm³/mol. The van der Waals surface area contributed by atoms with Crippen molar-refractivity contribution in [2.24, 2.45) is 11.7 Å². The largest absolute Gasteiger partial charge is 0.505 e. The molecule has 2 atom stereocenters. The van der Waals surface area contributed by atoms with Crippen LogP contribution in [0, 0.1) is 12.8 Å². The number of benzene rings is 1. The topological polar surface area (TPSA) is 75.4 Å². The molecule has 2 rings (SSSR count). The van der Waals surface area contributed by atoms with Crippen LogP contribution in [-0.2, 0) is 4.79 Å². The number of aryl methyl sites for hydroxylation is 1. The van der Waals surface area contributed by atoms with E-state index in [1.54, 1.807) is 19.1 Å². The fourth-order valence-corrected chi connectivity index (χ4v) is 2.47. The van der Waals surface area contributed by atoms with Gasteiger partial charge in [-0.05, 0) is 31.4 Å². The van der Waals surface area contributed by atoms with Crippen LogP contribution < -0.4 is 11.1 Å². The Morgan fingerprint density at radius 3 is 2.83 bits per heavy atom. The SMILES string of the molecule is Cc1cccc(NC(=O)C2CCCCC2N)c1O. The van der Waals surface area contributed by atoms with Crippen molar-refractivity contribution >= 4 is 11.6 Å². The summed E-state index contributed by atoms with van der Waals surface area (Å²) in [6, 6.07) is 5.25. The molecule has 98 valence electrons. The molecule has 0 spiro atoms. The summed E-state index contributed by atoms with van der Waals surface area (Å²) in [6.07, 6.45) is 3.88. The number of para-hydroxylation sites is 1. The molecule has 4 N–H and O–H groups in total. The number of carbonyl (C=O) groups excluding carboxylic acids is 1. The monoisotopic (exact) mass is 248 g/mol. The lowest BCUT2D eigenvalue weighted by atomic mass is 9.84. The van der Waals surface area contributed by atoms with E-state index >= 15 is 0 Å². The maximum atomic E-state index is 12.1. The standard InChI is InChI=1S/C14H20N2O2/c1-9-5-4-8-12(13(9)17)16-14(18)10-6-2-3-7-11(10)15/h4-5,8,10-11,17H,2-3,6-7,15H2,1H3,(H,16,18). The molecule has 1 aliphatic rings. The number of hydrogen-bond donors (Lipinski definition) is 3. The van der Waals surface area contributed by atoms with Gasteiger partial charge in [-0.15, -0.1) is 0 Å². The summed E-state index contributed by atoms with van der Waals surface area (Å²) < 4.78 is 0. The number of phenols is 1. The Hall–Kier alpha value is -1.55. The quantitative estimate of drug-likeness (QED) is 0.702. The molecule has 1 amide bonds. The lowest BCUT2D eigenvalue weighted by molar-refractivity contribution is -0.121. The molecular formula is C14H20N2O2. The number of carbonyl (C=O) groups is 1. The van der Waals surface area contributed by atoms with E-state index in [9.17, 15) is 9.90 Å². The van der Waals surface area contributed by atoms with E-state index in [2.05, 4.69) is 5.32 Å². The molecule has 1 fully saturated rings. The van der Waals surface area contributed by atoms with Gasteiger partial charge in [0.2, 0.25) is 5.91 Å². The lowest BCUT2D eigenvalue weighted by Crippen LogP contribution is -2.40. The van der Waals surface area contributed by atoms with Crippen molar-refractivity contribution in [1.82, 2.24) is 0 Å². The van der Waals surface area contributed by atoms with Crippen molar-refractivity contribution in [1.29, 1.82) is 0 Å². The van der Waals surface area contributed by atoms with Crippen molar-refractivity contribution < 1.29 is 9.90 Å². The van der Waals surface area contributed by atoms with Crippen LogP contribution in [-0.4, -0.2) is 17.1 Å². The van der Waals surface area contributed by atoms with Crippen LogP contribution >= 0.6 is 0 Å². The molecule has 1 saturated carbocycles. The zero-order chi connectivity index (χ0) is 13.1. The van der Waals surface area contributed by atoms with Gasteiger partial charge in [0.1, 0.15) is 5.75 Å². The van der Waals surface area contributed by atoms with Gasteiger partial charge in [-0.25, -0.2) is 0 Å². The Bertz CT molecular complexity index is 445. The molecule has 1 aromatic rings. The van der Waals surface area contributed by atoms with E-state index in [-0.39, 0.29) is 23.6 Å². The summed E-state index contributed by atoms with van der Waals surface area (Å²) in [5.41, 5.74) is 7.20. The molecule has 1 aliphatic carbocycles. The summed E-state index contributed by atoms with van der Waals surface area (Å²) in [4.78, 5) is 12.1. The second kappa shape index (κ2) is 5.40. The highest BCUT2D eigenvalue weighted by Gasteiger charge is 2.28. The van der Waals surface area contributed by atoms with Gasteiger partial charge >= 0.3 is 0 Å². The van der Waals surface area contributed by atoms with Crippen LogP contribution in [0.15, 0.2) is 18.2 Å². The van der Waals surface area contributed by atoms with Crippen LogP contribution in [0.3, 0.4) is 0 Å². The van der Waals surface area contributed by atoms with Crippen LogP contribution in [0.2, 0.25) is 0 Å². The first-order chi connectivity index (χ1) is 8.59. The fourth-order valence-electron chi connectivity index (χ4n) is 2.47. The van der Waals surface area contributed by atoms with E-state index < -0.39 is 0 Å². The Morgan fingerprint density at radius 1 is 1.39 bits per heavy atom. The number of rotatable bonds is 2. The minimum absolute atomic E-state index is 0.0642. The number of phenolic OH excluding ortho intramolecular Hbond substituents is 1.